The average Bonchev–Trinajstić information content (AvgIpc) is 2.86. The summed E-state index contributed by atoms with van der Waals surface area (Å²) in [6.07, 6.45) is 6.25. The number of benzene rings is 1. The van der Waals surface area contributed by atoms with Crippen molar-refractivity contribution in [2.24, 2.45) is 11.3 Å². The quantitative estimate of drug-likeness (QED) is 0.557. The van der Waals surface area contributed by atoms with Crippen LogP contribution in [0.25, 0.3) is 0 Å². The monoisotopic (exact) mass is 358 g/mol. The van der Waals surface area contributed by atoms with Gasteiger partial charge in [-0.2, -0.15) is 0 Å². The first-order valence-electron chi connectivity index (χ1n) is 7.46. The van der Waals surface area contributed by atoms with Crippen molar-refractivity contribution in [3.05, 3.63) is 28.2 Å². The molecular formula is C17H24BrClO. The lowest BCUT2D eigenvalue weighted by Gasteiger charge is -2.36. The molecule has 0 bridgehead atoms. The van der Waals surface area contributed by atoms with E-state index in [-0.39, 0.29) is 10.8 Å². The maximum Gasteiger partial charge on any atom is 0.123 e. The van der Waals surface area contributed by atoms with E-state index < -0.39 is 0 Å². The third-order valence-corrected chi connectivity index (χ3v) is 5.61. The highest BCUT2D eigenvalue weighted by Gasteiger charge is 2.42. The summed E-state index contributed by atoms with van der Waals surface area (Å²) in [5.74, 6) is 1.58. The van der Waals surface area contributed by atoms with Crippen molar-refractivity contribution in [2.75, 3.05) is 7.11 Å². The van der Waals surface area contributed by atoms with E-state index in [1.165, 1.54) is 32.1 Å². The smallest absolute Gasteiger partial charge is 0.123 e. The highest BCUT2D eigenvalue weighted by molar-refractivity contribution is 9.10. The molecule has 1 fully saturated rings. The molecule has 112 valence electrons. The van der Waals surface area contributed by atoms with Crippen molar-refractivity contribution >= 4 is 27.5 Å². The van der Waals surface area contributed by atoms with Gasteiger partial charge >= 0.3 is 0 Å². The van der Waals surface area contributed by atoms with E-state index in [4.69, 9.17) is 16.3 Å². The SMILES string of the molecule is COc1ccc(Br)cc1C(Cl)C1(CC(C)C)CCCC1. The van der Waals surface area contributed by atoms with E-state index in [1.807, 2.05) is 12.1 Å². The molecule has 0 spiro atoms. The number of rotatable bonds is 5. The largest absolute Gasteiger partial charge is 0.496 e. The van der Waals surface area contributed by atoms with Gasteiger partial charge in [0.2, 0.25) is 0 Å². The Labute approximate surface area is 136 Å². The van der Waals surface area contributed by atoms with Crippen molar-refractivity contribution < 1.29 is 4.74 Å². The fourth-order valence-electron chi connectivity index (χ4n) is 3.69. The summed E-state index contributed by atoms with van der Waals surface area (Å²) in [6, 6.07) is 6.14. The van der Waals surface area contributed by atoms with Gasteiger partial charge in [-0.25, -0.2) is 0 Å². The van der Waals surface area contributed by atoms with E-state index in [1.54, 1.807) is 7.11 Å². The molecule has 0 heterocycles. The topological polar surface area (TPSA) is 9.23 Å². The molecule has 0 aliphatic heterocycles. The number of alkyl halides is 1. The Morgan fingerprint density at radius 1 is 1.30 bits per heavy atom. The molecule has 1 unspecified atom stereocenters. The fraction of sp³-hybridized carbons (Fsp3) is 0.647. The van der Waals surface area contributed by atoms with E-state index in [0.29, 0.717) is 5.92 Å². The van der Waals surface area contributed by atoms with Crippen molar-refractivity contribution in [3.63, 3.8) is 0 Å². The molecule has 1 saturated carbocycles. The molecule has 0 radical (unpaired) electrons. The molecule has 0 N–H and O–H groups in total. The standard InChI is InChI=1S/C17H24BrClO/c1-12(2)11-17(8-4-5-9-17)16(19)14-10-13(18)6-7-15(14)20-3/h6-7,10,12,16H,4-5,8-9,11H2,1-3H3. The molecule has 1 aromatic carbocycles. The van der Waals surface area contributed by atoms with Gasteiger partial charge in [-0.3, -0.25) is 0 Å². The molecule has 1 atom stereocenters. The summed E-state index contributed by atoms with van der Waals surface area (Å²) in [5.41, 5.74) is 1.36. The summed E-state index contributed by atoms with van der Waals surface area (Å²) >= 11 is 10.5. The van der Waals surface area contributed by atoms with Crippen molar-refractivity contribution in [3.8, 4) is 5.75 Å². The number of hydrogen-bond acceptors (Lipinski definition) is 1. The van der Waals surface area contributed by atoms with Crippen LogP contribution in [0, 0.1) is 11.3 Å². The summed E-state index contributed by atoms with van der Waals surface area (Å²) in [7, 11) is 1.72. The lowest BCUT2D eigenvalue weighted by Crippen LogP contribution is -2.25. The van der Waals surface area contributed by atoms with Gasteiger partial charge < -0.3 is 4.74 Å². The Kier molecular flexibility index (Phi) is 5.42. The van der Waals surface area contributed by atoms with Crippen LogP contribution in [0.5, 0.6) is 5.75 Å². The van der Waals surface area contributed by atoms with Gasteiger partial charge in [-0.05, 0) is 48.8 Å². The first-order chi connectivity index (χ1) is 9.48. The third-order valence-electron chi connectivity index (χ3n) is 4.42. The van der Waals surface area contributed by atoms with Crippen LogP contribution in [0.1, 0.15) is 56.9 Å². The highest BCUT2D eigenvalue weighted by atomic mass is 79.9. The molecule has 2 rings (SSSR count). The van der Waals surface area contributed by atoms with Crippen LogP contribution in [0.15, 0.2) is 22.7 Å². The minimum Gasteiger partial charge on any atom is -0.496 e. The van der Waals surface area contributed by atoms with E-state index in [9.17, 15) is 0 Å². The van der Waals surface area contributed by atoms with Crippen molar-refractivity contribution in [1.82, 2.24) is 0 Å². The number of halogens is 2. The van der Waals surface area contributed by atoms with Gasteiger partial charge in [0.25, 0.3) is 0 Å². The molecule has 0 saturated heterocycles. The number of ether oxygens (including phenoxy) is 1. The van der Waals surface area contributed by atoms with Crippen molar-refractivity contribution in [2.45, 2.75) is 51.3 Å². The normalized spacial score (nSPS) is 19.3. The maximum atomic E-state index is 6.97. The zero-order valence-corrected chi connectivity index (χ0v) is 14.9. The van der Waals surface area contributed by atoms with Gasteiger partial charge in [0.1, 0.15) is 5.75 Å². The van der Waals surface area contributed by atoms with Crippen LogP contribution in [-0.2, 0) is 0 Å². The van der Waals surface area contributed by atoms with E-state index >= 15 is 0 Å². The molecular weight excluding hydrogens is 336 g/mol. The molecule has 1 aliphatic carbocycles. The van der Waals surface area contributed by atoms with Gasteiger partial charge in [-0.15, -0.1) is 11.6 Å². The summed E-state index contributed by atoms with van der Waals surface area (Å²) < 4.78 is 6.59. The Bertz CT molecular complexity index is 452. The van der Waals surface area contributed by atoms with Crippen molar-refractivity contribution in [1.29, 1.82) is 0 Å². The van der Waals surface area contributed by atoms with Gasteiger partial charge in [0.15, 0.2) is 0 Å². The predicted molar refractivity (Wildman–Crippen MR) is 89.6 cm³/mol. The molecule has 1 aliphatic rings. The highest BCUT2D eigenvalue weighted by Crippen LogP contribution is 2.56. The summed E-state index contributed by atoms with van der Waals surface area (Å²) in [6.45, 7) is 4.59. The fourth-order valence-corrected chi connectivity index (χ4v) is 4.54. The lowest BCUT2D eigenvalue weighted by molar-refractivity contribution is 0.220. The third kappa shape index (κ3) is 3.33. The molecule has 1 nitrogen and oxygen atoms in total. The van der Waals surface area contributed by atoms with Crippen LogP contribution >= 0.6 is 27.5 Å². The lowest BCUT2D eigenvalue weighted by atomic mass is 9.73. The summed E-state index contributed by atoms with van der Waals surface area (Å²) in [4.78, 5) is 0. The molecule has 1 aromatic rings. The molecule has 3 heteroatoms. The minimum absolute atomic E-state index is 0.0276. The Balaban J connectivity index is 2.36. The van der Waals surface area contributed by atoms with Crippen LogP contribution < -0.4 is 4.74 Å². The minimum atomic E-state index is 0.0276. The van der Waals surface area contributed by atoms with E-state index in [2.05, 4.69) is 35.8 Å². The van der Waals surface area contributed by atoms with Crippen LogP contribution in [0.3, 0.4) is 0 Å². The van der Waals surface area contributed by atoms with Crippen LogP contribution in [0.2, 0.25) is 0 Å². The van der Waals surface area contributed by atoms with Gasteiger partial charge in [0.05, 0.1) is 12.5 Å². The second-order valence-corrected chi connectivity index (χ2v) is 7.77. The zero-order chi connectivity index (χ0) is 14.8. The van der Waals surface area contributed by atoms with Crippen LogP contribution in [-0.4, -0.2) is 7.11 Å². The Hall–Kier alpha value is -0.210. The second-order valence-electron chi connectivity index (χ2n) is 6.42. The molecule has 0 amide bonds. The van der Waals surface area contributed by atoms with Gasteiger partial charge in [-0.1, -0.05) is 42.6 Å². The summed E-state index contributed by atoms with van der Waals surface area (Å²) in [5, 5.41) is 0.0276. The average molecular weight is 360 g/mol. The van der Waals surface area contributed by atoms with E-state index in [0.717, 1.165) is 15.8 Å². The Morgan fingerprint density at radius 3 is 2.50 bits per heavy atom. The molecule has 0 aromatic heterocycles. The predicted octanol–water partition coefficient (Wildman–Crippen LogP) is 6.34. The number of methoxy groups -OCH3 is 1. The zero-order valence-electron chi connectivity index (χ0n) is 12.6. The maximum absolute atomic E-state index is 6.97. The Morgan fingerprint density at radius 2 is 1.95 bits per heavy atom. The first-order valence-corrected chi connectivity index (χ1v) is 8.69. The van der Waals surface area contributed by atoms with Crippen LogP contribution in [0.4, 0.5) is 0 Å². The number of hydrogen-bond donors (Lipinski definition) is 0. The first kappa shape index (κ1) is 16.2. The van der Waals surface area contributed by atoms with Gasteiger partial charge in [0, 0.05) is 10.0 Å². The second kappa shape index (κ2) is 6.70. The molecule has 20 heavy (non-hydrogen) atoms.